The highest BCUT2D eigenvalue weighted by Crippen LogP contribution is 2.29. The normalized spacial score (nSPS) is 23.5. The van der Waals surface area contributed by atoms with Crippen LogP contribution in [0.3, 0.4) is 0 Å². The van der Waals surface area contributed by atoms with Gasteiger partial charge in [0.2, 0.25) is 0 Å². The summed E-state index contributed by atoms with van der Waals surface area (Å²) in [5.41, 5.74) is -1.69. The molecule has 5 atom stereocenters. The van der Waals surface area contributed by atoms with Crippen LogP contribution in [-0.2, 0) is 18.6 Å². The van der Waals surface area contributed by atoms with Crippen molar-refractivity contribution >= 4 is 14.2 Å². The van der Waals surface area contributed by atoms with Crippen molar-refractivity contribution in [3.05, 3.63) is 60.8 Å². The molecule has 1 heterocycles. The summed E-state index contributed by atoms with van der Waals surface area (Å²) in [5, 5.41) is 29.4. The third kappa shape index (κ3) is 9.94. The summed E-state index contributed by atoms with van der Waals surface area (Å²) in [5.74, 6) is -0.490. The Bertz CT molecular complexity index is 663. The van der Waals surface area contributed by atoms with Crippen LogP contribution >= 0.6 is 8.25 Å². The molecule has 0 saturated heterocycles. The van der Waals surface area contributed by atoms with Crippen LogP contribution in [0.5, 0.6) is 0 Å². The van der Waals surface area contributed by atoms with Gasteiger partial charge in [-0.2, -0.15) is 0 Å². The molecule has 8 nitrogen and oxygen atoms in total. The molecule has 0 aromatic heterocycles. The van der Waals surface area contributed by atoms with E-state index in [9.17, 15) is 19.6 Å². The fourth-order valence-corrected chi connectivity index (χ4v) is 2.93. The van der Waals surface area contributed by atoms with Crippen LogP contribution < -0.4 is 0 Å². The number of carbonyl (C=O) groups is 1. The van der Waals surface area contributed by atoms with Crippen molar-refractivity contribution in [1.82, 2.24) is 0 Å². The van der Waals surface area contributed by atoms with Crippen LogP contribution in [0.25, 0.3) is 0 Å². The van der Waals surface area contributed by atoms with Crippen molar-refractivity contribution in [3.63, 3.8) is 0 Å². The largest absolute Gasteiger partial charge is 0.455 e. The number of rotatable bonds is 11. The molecule has 1 aliphatic heterocycles. The first-order chi connectivity index (χ1) is 13.2. The minimum absolute atomic E-state index is 0.0744. The SMILES string of the molecule is C[C@@](O)(/C=C/[C@H]1CC=CC(=O)O1)[C@@H](C[C@@H](O)\C=C/C=C\C=C\CO)O[PH](=O)O. The molecule has 1 unspecified atom stereocenters. The maximum Gasteiger partial charge on any atom is 0.331 e. The van der Waals surface area contributed by atoms with Gasteiger partial charge in [0.05, 0.1) is 12.7 Å². The minimum Gasteiger partial charge on any atom is -0.455 e. The molecule has 0 aromatic carbocycles. The van der Waals surface area contributed by atoms with Gasteiger partial charge in [0.15, 0.2) is 0 Å². The molecule has 0 amide bonds. The molecule has 0 spiro atoms. The number of hydrogen-bond acceptors (Lipinski definition) is 7. The van der Waals surface area contributed by atoms with Gasteiger partial charge in [-0.1, -0.05) is 48.6 Å². The van der Waals surface area contributed by atoms with Gasteiger partial charge in [-0.05, 0) is 13.0 Å². The number of aliphatic hydroxyl groups excluding tert-OH is 2. The monoisotopic (exact) mass is 414 g/mol. The van der Waals surface area contributed by atoms with E-state index < -0.39 is 38.1 Å². The van der Waals surface area contributed by atoms with Gasteiger partial charge in [-0.25, -0.2) is 4.79 Å². The Morgan fingerprint density at radius 3 is 2.75 bits per heavy atom. The number of aliphatic hydroxyl groups is 3. The number of carbonyl (C=O) groups excluding carboxylic acids is 1. The number of hydrogen-bond donors (Lipinski definition) is 4. The fourth-order valence-electron chi connectivity index (χ4n) is 2.35. The van der Waals surface area contributed by atoms with E-state index in [0.717, 1.165) is 0 Å². The standard InChI is InChI=1S/C19H27O8P/c1-19(23,12-11-16-9-7-10-18(22)26-16)17(27-28(24)25)14-15(21)8-5-3-2-4-6-13-20/h2-8,10-12,15-17,20-21,23,28H,9,13-14H2,1H3,(H,24,25)/b3-2-,6-4+,8-5-,12-11+/t15-,16+,17+,19+/m0/s1. The van der Waals surface area contributed by atoms with Crippen LogP contribution in [0.2, 0.25) is 0 Å². The van der Waals surface area contributed by atoms with Crippen molar-refractivity contribution in [2.75, 3.05) is 6.61 Å². The molecule has 0 saturated carbocycles. The summed E-state index contributed by atoms with van der Waals surface area (Å²) >= 11 is 0. The first-order valence-corrected chi connectivity index (χ1v) is 9.98. The fraction of sp³-hybridized carbons (Fsp3) is 0.421. The molecule has 0 aliphatic carbocycles. The maximum absolute atomic E-state index is 11.2. The van der Waals surface area contributed by atoms with Gasteiger partial charge in [0, 0.05) is 18.9 Å². The zero-order chi connectivity index (χ0) is 21.0. The Hall–Kier alpha value is -1.80. The molecule has 156 valence electrons. The second kappa shape index (κ2) is 12.6. The summed E-state index contributed by atoms with van der Waals surface area (Å²) in [7, 11) is -3.37. The summed E-state index contributed by atoms with van der Waals surface area (Å²) in [6.07, 6.45) is 12.7. The molecule has 4 N–H and O–H groups in total. The lowest BCUT2D eigenvalue weighted by molar-refractivity contribution is -0.141. The van der Waals surface area contributed by atoms with Crippen molar-refractivity contribution in [1.29, 1.82) is 0 Å². The highest BCUT2D eigenvalue weighted by Gasteiger charge is 2.33. The summed E-state index contributed by atoms with van der Waals surface area (Å²) < 4.78 is 21.2. The Morgan fingerprint density at radius 1 is 1.39 bits per heavy atom. The predicted octanol–water partition coefficient (Wildman–Crippen LogP) is 1.34. The van der Waals surface area contributed by atoms with Gasteiger partial charge >= 0.3 is 14.2 Å². The van der Waals surface area contributed by atoms with Crippen LogP contribution in [-0.4, -0.2) is 56.7 Å². The van der Waals surface area contributed by atoms with Crippen molar-refractivity contribution < 1.29 is 38.8 Å². The molecular weight excluding hydrogens is 387 g/mol. The van der Waals surface area contributed by atoms with Crippen LogP contribution in [0.15, 0.2) is 60.8 Å². The van der Waals surface area contributed by atoms with E-state index in [-0.39, 0.29) is 13.0 Å². The number of cyclic esters (lactones) is 1. The van der Waals surface area contributed by atoms with Crippen LogP contribution in [0.4, 0.5) is 0 Å². The summed E-state index contributed by atoms with van der Waals surface area (Å²) in [6.45, 7) is 1.30. The Kier molecular flexibility index (Phi) is 10.9. The molecule has 1 rings (SSSR count). The Balaban J connectivity index is 2.75. The highest BCUT2D eigenvalue weighted by molar-refractivity contribution is 7.32. The zero-order valence-corrected chi connectivity index (χ0v) is 16.5. The minimum atomic E-state index is -3.37. The number of allylic oxidation sites excluding steroid dienone is 4. The van der Waals surface area contributed by atoms with E-state index in [2.05, 4.69) is 0 Å². The van der Waals surface area contributed by atoms with Crippen LogP contribution in [0.1, 0.15) is 19.8 Å². The molecule has 28 heavy (non-hydrogen) atoms. The number of ether oxygens (including phenoxy) is 1. The maximum atomic E-state index is 11.2. The van der Waals surface area contributed by atoms with Gasteiger partial charge in [0.1, 0.15) is 17.8 Å². The van der Waals surface area contributed by atoms with E-state index in [4.69, 9.17) is 19.3 Å². The molecular formula is C19H27O8P. The van der Waals surface area contributed by atoms with E-state index in [0.29, 0.717) is 6.42 Å². The molecule has 0 bridgehead atoms. The molecule has 9 heteroatoms. The average molecular weight is 414 g/mol. The van der Waals surface area contributed by atoms with Crippen molar-refractivity contribution in [2.24, 2.45) is 0 Å². The van der Waals surface area contributed by atoms with Crippen molar-refractivity contribution in [2.45, 2.75) is 43.7 Å². The zero-order valence-electron chi connectivity index (χ0n) is 15.5. The summed E-state index contributed by atoms with van der Waals surface area (Å²) in [6, 6.07) is 0. The van der Waals surface area contributed by atoms with E-state index in [1.807, 2.05) is 0 Å². The first kappa shape index (κ1) is 24.2. The van der Waals surface area contributed by atoms with Gasteiger partial charge in [-0.3, -0.25) is 4.57 Å². The second-order valence-corrected chi connectivity index (χ2v) is 7.02. The Morgan fingerprint density at radius 2 is 2.11 bits per heavy atom. The topological polar surface area (TPSA) is 134 Å². The Labute approximate surface area is 164 Å². The first-order valence-electron chi connectivity index (χ1n) is 8.72. The highest BCUT2D eigenvalue weighted by atomic mass is 31.1. The third-order valence-electron chi connectivity index (χ3n) is 3.80. The molecule has 0 aromatic rings. The summed E-state index contributed by atoms with van der Waals surface area (Å²) in [4.78, 5) is 20.4. The molecule has 0 fully saturated rings. The van der Waals surface area contributed by atoms with E-state index in [1.54, 1.807) is 30.4 Å². The van der Waals surface area contributed by atoms with E-state index in [1.165, 1.54) is 37.3 Å². The smallest absolute Gasteiger partial charge is 0.331 e. The lowest BCUT2D eigenvalue weighted by Crippen LogP contribution is -2.40. The average Bonchev–Trinajstić information content (AvgIpc) is 2.62. The molecule has 1 aliphatic rings. The quantitative estimate of drug-likeness (QED) is 0.172. The van der Waals surface area contributed by atoms with Crippen LogP contribution in [0, 0.1) is 0 Å². The lowest BCUT2D eigenvalue weighted by atomic mass is 9.93. The molecule has 0 radical (unpaired) electrons. The van der Waals surface area contributed by atoms with Gasteiger partial charge in [0.25, 0.3) is 0 Å². The lowest BCUT2D eigenvalue weighted by Gasteiger charge is -2.30. The predicted molar refractivity (Wildman–Crippen MR) is 105 cm³/mol. The second-order valence-electron chi connectivity index (χ2n) is 6.25. The number of esters is 1. The van der Waals surface area contributed by atoms with Crippen molar-refractivity contribution in [3.8, 4) is 0 Å². The third-order valence-corrected chi connectivity index (χ3v) is 4.28. The van der Waals surface area contributed by atoms with Gasteiger partial charge < -0.3 is 29.5 Å². The van der Waals surface area contributed by atoms with Gasteiger partial charge in [-0.15, -0.1) is 0 Å². The van der Waals surface area contributed by atoms with E-state index >= 15 is 0 Å².